The van der Waals surface area contributed by atoms with Gasteiger partial charge in [0.15, 0.2) is 0 Å². The van der Waals surface area contributed by atoms with Gasteiger partial charge in [0.2, 0.25) is 5.91 Å². The molecular weight excluding hydrogens is 242 g/mol. The highest BCUT2D eigenvalue weighted by Crippen LogP contribution is 2.05. The minimum absolute atomic E-state index is 0.0333. The topological polar surface area (TPSA) is 58.6 Å². The smallest absolute Gasteiger partial charge is 0.244 e. The van der Waals surface area contributed by atoms with Gasteiger partial charge in [-0.15, -0.1) is 0 Å². The third kappa shape index (κ3) is 7.39. The lowest BCUT2D eigenvalue weighted by atomic mass is 10.1. The summed E-state index contributed by atoms with van der Waals surface area (Å²) >= 11 is 0. The standard InChI is InChI=1S/C15H21NO3/c1-13-4-2-5-14(12-13)6-7-15(18)16-8-3-10-19-11-9-17/h2,4-7,12,17H,3,8-11H2,1H3,(H,16,18)/b7-6+. The maximum absolute atomic E-state index is 11.5. The molecule has 1 aromatic rings. The van der Waals surface area contributed by atoms with E-state index in [2.05, 4.69) is 5.32 Å². The number of ether oxygens (including phenoxy) is 1. The fourth-order valence-electron chi connectivity index (χ4n) is 1.56. The lowest BCUT2D eigenvalue weighted by Gasteiger charge is -2.03. The lowest BCUT2D eigenvalue weighted by molar-refractivity contribution is -0.116. The van der Waals surface area contributed by atoms with Crippen LogP contribution in [0.1, 0.15) is 17.5 Å². The molecule has 0 aromatic heterocycles. The zero-order valence-electron chi connectivity index (χ0n) is 11.3. The number of carbonyl (C=O) groups is 1. The Morgan fingerprint density at radius 1 is 1.42 bits per heavy atom. The Balaban J connectivity index is 2.20. The summed E-state index contributed by atoms with van der Waals surface area (Å²) in [6.07, 6.45) is 4.07. The third-order valence-corrected chi connectivity index (χ3v) is 2.47. The van der Waals surface area contributed by atoms with Gasteiger partial charge in [0.05, 0.1) is 13.2 Å². The Kier molecular flexibility index (Phi) is 7.54. The number of carbonyl (C=O) groups excluding carboxylic acids is 1. The molecule has 0 spiro atoms. The van der Waals surface area contributed by atoms with Gasteiger partial charge in [-0.3, -0.25) is 4.79 Å². The highest BCUT2D eigenvalue weighted by molar-refractivity contribution is 5.91. The van der Waals surface area contributed by atoms with Crippen molar-refractivity contribution in [2.75, 3.05) is 26.4 Å². The summed E-state index contributed by atoms with van der Waals surface area (Å²) in [6, 6.07) is 7.96. The summed E-state index contributed by atoms with van der Waals surface area (Å²) in [4.78, 5) is 11.5. The quantitative estimate of drug-likeness (QED) is 0.552. The van der Waals surface area contributed by atoms with Gasteiger partial charge in [-0.2, -0.15) is 0 Å². The second kappa shape index (κ2) is 9.30. The molecule has 0 aliphatic carbocycles. The number of hydrogen-bond donors (Lipinski definition) is 2. The Hall–Kier alpha value is -1.65. The summed E-state index contributed by atoms with van der Waals surface area (Å²) < 4.78 is 5.09. The van der Waals surface area contributed by atoms with Crippen LogP contribution in [0, 0.1) is 6.92 Å². The number of hydrogen-bond acceptors (Lipinski definition) is 3. The maximum atomic E-state index is 11.5. The first-order chi connectivity index (χ1) is 9.22. The highest BCUT2D eigenvalue weighted by Gasteiger charge is 1.95. The number of aryl methyl sites for hydroxylation is 1. The normalized spacial score (nSPS) is 10.8. The van der Waals surface area contributed by atoms with Gasteiger partial charge in [-0.05, 0) is 25.0 Å². The lowest BCUT2D eigenvalue weighted by Crippen LogP contribution is -2.23. The molecule has 104 valence electrons. The van der Waals surface area contributed by atoms with E-state index in [9.17, 15) is 4.79 Å². The van der Waals surface area contributed by atoms with E-state index >= 15 is 0 Å². The molecule has 0 atom stereocenters. The number of aliphatic hydroxyl groups is 1. The van der Waals surface area contributed by atoms with Crippen molar-refractivity contribution >= 4 is 12.0 Å². The first-order valence-electron chi connectivity index (χ1n) is 6.43. The molecular formula is C15H21NO3. The van der Waals surface area contributed by atoms with E-state index < -0.39 is 0 Å². The molecule has 0 fully saturated rings. The van der Waals surface area contributed by atoms with Crippen LogP contribution in [-0.4, -0.2) is 37.4 Å². The van der Waals surface area contributed by atoms with Crippen molar-refractivity contribution in [3.63, 3.8) is 0 Å². The van der Waals surface area contributed by atoms with E-state index in [4.69, 9.17) is 9.84 Å². The average molecular weight is 263 g/mol. The summed E-state index contributed by atoms with van der Waals surface area (Å²) in [7, 11) is 0. The molecule has 1 aromatic carbocycles. The minimum Gasteiger partial charge on any atom is -0.394 e. The molecule has 1 rings (SSSR count). The van der Waals surface area contributed by atoms with Crippen LogP contribution in [0.3, 0.4) is 0 Å². The SMILES string of the molecule is Cc1cccc(/C=C/C(=O)NCCCOCCO)c1. The second-order valence-corrected chi connectivity index (χ2v) is 4.23. The molecule has 1 amide bonds. The van der Waals surface area contributed by atoms with Crippen LogP contribution in [0.15, 0.2) is 30.3 Å². The average Bonchev–Trinajstić information content (AvgIpc) is 2.40. The monoisotopic (exact) mass is 263 g/mol. The van der Waals surface area contributed by atoms with Crippen molar-refractivity contribution in [1.29, 1.82) is 0 Å². The van der Waals surface area contributed by atoms with Crippen molar-refractivity contribution in [2.24, 2.45) is 0 Å². The zero-order chi connectivity index (χ0) is 13.9. The van der Waals surface area contributed by atoms with Crippen LogP contribution < -0.4 is 5.32 Å². The van der Waals surface area contributed by atoms with Crippen LogP contribution in [0.25, 0.3) is 6.08 Å². The van der Waals surface area contributed by atoms with Crippen LogP contribution >= 0.6 is 0 Å². The van der Waals surface area contributed by atoms with E-state index in [-0.39, 0.29) is 12.5 Å². The summed E-state index contributed by atoms with van der Waals surface area (Å²) in [5, 5.41) is 11.3. The van der Waals surface area contributed by atoms with Crippen LogP contribution in [0.5, 0.6) is 0 Å². The first-order valence-corrected chi connectivity index (χ1v) is 6.43. The van der Waals surface area contributed by atoms with Crippen molar-refractivity contribution in [3.8, 4) is 0 Å². The molecule has 0 bridgehead atoms. The summed E-state index contributed by atoms with van der Waals surface area (Å²) in [5.41, 5.74) is 2.19. The van der Waals surface area contributed by atoms with E-state index in [1.807, 2.05) is 31.2 Å². The molecule has 4 nitrogen and oxygen atoms in total. The van der Waals surface area contributed by atoms with Crippen LogP contribution in [0.4, 0.5) is 0 Å². The number of amides is 1. The van der Waals surface area contributed by atoms with E-state index in [0.717, 1.165) is 12.0 Å². The number of nitrogens with one attached hydrogen (secondary N) is 1. The van der Waals surface area contributed by atoms with Crippen molar-refractivity contribution in [2.45, 2.75) is 13.3 Å². The molecule has 2 N–H and O–H groups in total. The van der Waals surface area contributed by atoms with Crippen LogP contribution in [-0.2, 0) is 9.53 Å². The molecule has 0 heterocycles. The Morgan fingerprint density at radius 2 is 2.26 bits per heavy atom. The summed E-state index contributed by atoms with van der Waals surface area (Å²) in [6.45, 7) is 3.52. The fraction of sp³-hybridized carbons (Fsp3) is 0.400. The van der Waals surface area contributed by atoms with Gasteiger partial charge in [0.1, 0.15) is 0 Å². The van der Waals surface area contributed by atoms with E-state index in [0.29, 0.717) is 19.8 Å². The number of aliphatic hydroxyl groups excluding tert-OH is 1. The van der Waals surface area contributed by atoms with E-state index in [1.54, 1.807) is 6.08 Å². The maximum Gasteiger partial charge on any atom is 0.244 e. The van der Waals surface area contributed by atoms with Crippen molar-refractivity contribution < 1.29 is 14.6 Å². The Morgan fingerprint density at radius 3 is 3.00 bits per heavy atom. The molecule has 4 heteroatoms. The van der Waals surface area contributed by atoms with Gasteiger partial charge in [-0.25, -0.2) is 0 Å². The molecule has 0 unspecified atom stereocenters. The fourth-order valence-corrected chi connectivity index (χ4v) is 1.56. The summed E-state index contributed by atoms with van der Waals surface area (Å²) in [5.74, 6) is -0.108. The Labute approximate surface area is 114 Å². The van der Waals surface area contributed by atoms with Crippen molar-refractivity contribution in [3.05, 3.63) is 41.5 Å². The van der Waals surface area contributed by atoms with Gasteiger partial charge >= 0.3 is 0 Å². The minimum atomic E-state index is -0.108. The zero-order valence-corrected chi connectivity index (χ0v) is 11.3. The number of rotatable bonds is 8. The first kappa shape index (κ1) is 15.4. The number of benzene rings is 1. The Bertz CT molecular complexity index is 416. The van der Waals surface area contributed by atoms with Gasteiger partial charge in [0, 0.05) is 19.2 Å². The molecule has 19 heavy (non-hydrogen) atoms. The largest absolute Gasteiger partial charge is 0.394 e. The van der Waals surface area contributed by atoms with Gasteiger partial charge < -0.3 is 15.2 Å². The van der Waals surface area contributed by atoms with Crippen LogP contribution in [0.2, 0.25) is 0 Å². The predicted molar refractivity (Wildman–Crippen MR) is 75.7 cm³/mol. The van der Waals surface area contributed by atoms with Crippen molar-refractivity contribution in [1.82, 2.24) is 5.32 Å². The van der Waals surface area contributed by atoms with Gasteiger partial charge in [-0.1, -0.05) is 29.8 Å². The van der Waals surface area contributed by atoms with E-state index in [1.165, 1.54) is 11.6 Å². The molecule has 0 radical (unpaired) electrons. The molecule has 0 aliphatic rings. The highest BCUT2D eigenvalue weighted by atomic mass is 16.5. The molecule has 0 aliphatic heterocycles. The third-order valence-electron chi connectivity index (χ3n) is 2.47. The molecule has 0 saturated carbocycles. The predicted octanol–water partition coefficient (Wildman–Crippen LogP) is 1.52. The second-order valence-electron chi connectivity index (χ2n) is 4.23. The van der Waals surface area contributed by atoms with Gasteiger partial charge in [0.25, 0.3) is 0 Å². The molecule has 0 saturated heterocycles.